The normalized spacial score (nSPS) is 16.0. The van der Waals surface area contributed by atoms with Gasteiger partial charge in [-0.15, -0.1) is 0 Å². The van der Waals surface area contributed by atoms with Crippen LogP contribution >= 0.6 is 0 Å². The van der Waals surface area contributed by atoms with Gasteiger partial charge in [0.2, 0.25) is 6.10 Å². The Balaban J connectivity index is 1.60. The Morgan fingerprint density at radius 1 is 1.33 bits per heavy atom. The summed E-state index contributed by atoms with van der Waals surface area (Å²) in [6.45, 7) is 0.116. The van der Waals surface area contributed by atoms with Gasteiger partial charge in [-0.3, -0.25) is 4.79 Å². The molecule has 124 valence electrons. The Morgan fingerprint density at radius 3 is 2.92 bits per heavy atom. The van der Waals surface area contributed by atoms with Crippen molar-refractivity contribution in [2.45, 2.75) is 6.10 Å². The van der Waals surface area contributed by atoms with Crippen molar-refractivity contribution < 1.29 is 24.1 Å². The van der Waals surface area contributed by atoms with Crippen molar-refractivity contribution in [1.29, 1.82) is 0 Å². The third kappa shape index (κ3) is 3.40. The number of methoxy groups -OCH3 is 1. The van der Waals surface area contributed by atoms with Crippen LogP contribution in [0.15, 0.2) is 47.6 Å². The molecule has 7 nitrogen and oxygen atoms in total. The van der Waals surface area contributed by atoms with Crippen molar-refractivity contribution in [3.05, 3.63) is 48.0 Å². The fourth-order valence-corrected chi connectivity index (χ4v) is 2.17. The second-order valence-corrected chi connectivity index (χ2v) is 5.03. The number of phenolic OH excluding ortho intramolecular Hbond substituents is 1. The van der Waals surface area contributed by atoms with E-state index in [0.717, 1.165) is 0 Å². The molecule has 1 atom stereocenters. The monoisotopic (exact) mass is 328 g/mol. The number of carbonyl (C=O) groups is 1. The average molecular weight is 328 g/mol. The number of hydrazone groups is 1. The van der Waals surface area contributed by atoms with Gasteiger partial charge < -0.3 is 19.3 Å². The summed E-state index contributed by atoms with van der Waals surface area (Å²) < 4.78 is 16.1. The van der Waals surface area contributed by atoms with E-state index in [1.807, 2.05) is 6.07 Å². The minimum absolute atomic E-state index is 0.0325. The molecule has 2 aromatic rings. The average Bonchev–Trinajstić information content (AvgIpc) is 2.62. The molecule has 0 unspecified atom stereocenters. The number of amides is 1. The summed E-state index contributed by atoms with van der Waals surface area (Å²) in [6, 6.07) is 11.9. The second kappa shape index (κ2) is 6.91. The van der Waals surface area contributed by atoms with Gasteiger partial charge in [0.05, 0.1) is 13.3 Å². The maximum absolute atomic E-state index is 12.1. The van der Waals surface area contributed by atoms with Gasteiger partial charge in [-0.1, -0.05) is 12.1 Å². The van der Waals surface area contributed by atoms with Crippen LogP contribution in [0.5, 0.6) is 23.0 Å². The lowest BCUT2D eigenvalue weighted by molar-refractivity contribution is -0.130. The second-order valence-electron chi connectivity index (χ2n) is 5.03. The Morgan fingerprint density at radius 2 is 2.12 bits per heavy atom. The molecular weight excluding hydrogens is 312 g/mol. The molecule has 7 heteroatoms. The highest BCUT2D eigenvalue weighted by Crippen LogP contribution is 2.30. The van der Waals surface area contributed by atoms with Gasteiger partial charge >= 0.3 is 0 Å². The fraction of sp³-hybridized carbons (Fsp3) is 0.176. The summed E-state index contributed by atoms with van der Waals surface area (Å²) in [6.07, 6.45) is 0.670. The molecule has 24 heavy (non-hydrogen) atoms. The molecule has 3 rings (SSSR count). The first-order valence-electron chi connectivity index (χ1n) is 7.26. The van der Waals surface area contributed by atoms with Crippen molar-refractivity contribution in [3.8, 4) is 23.0 Å². The van der Waals surface area contributed by atoms with Crippen LogP contribution < -0.4 is 19.6 Å². The quantitative estimate of drug-likeness (QED) is 0.658. The Bertz CT molecular complexity index is 775. The lowest BCUT2D eigenvalue weighted by Gasteiger charge is -2.24. The number of fused-ring (bicyclic) bond motifs is 1. The summed E-state index contributed by atoms with van der Waals surface area (Å²) in [4.78, 5) is 12.1. The smallest absolute Gasteiger partial charge is 0.284 e. The van der Waals surface area contributed by atoms with Crippen molar-refractivity contribution in [3.63, 3.8) is 0 Å². The molecule has 0 radical (unpaired) electrons. The van der Waals surface area contributed by atoms with E-state index < -0.39 is 12.0 Å². The number of rotatable bonds is 4. The number of para-hydroxylation sites is 2. The van der Waals surface area contributed by atoms with Crippen molar-refractivity contribution >= 4 is 12.1 Å². The number of ether oxygens (including phenoxy) is 3. The maximum Gasteiger partial charge on any atom is 0.284 e. The van der Waals surface area contributed by atoms with Crippen LogP contribution in [0.2, 0.25) is 0 Å². The Labute approximate surface area is 138 Å². The number of hydrogen-bond acceptors (Lipinski definition) is 6. The predicted octanol–water partition coefficient (Wildman–Crippen LogP) is 1.69. The van der Waals surface area contributed by atoms with Crippen LogP contribution in [0.1, 0.15) is 5.56 Å². The molecule has 1 aliphatic rings. The van der Waals surface area contributed by atoms with Crippen LogP contribution in [0, 0.1) is 0 Å². The van der Waals surface area contributed by atoms with Gasteiger partial charge in [0.15, 0.2) is 23.0 Å². The molecule has 1 heterocycles. The summed E-state index contributed by atoms with van der Waals surface area (Å²) in [5, 5.41) is 13.4. The summed E-state index contributed by atoms with van der Waals surface area (Å²) >= 11 is 0. The van der Waals surface area contributed by atoms with Crippen LogP contribution in [-0.2, 0) is 4.79 Å². The highest BCUT2D eigenvalue weighted by Gasteiger charge is 2.26. The lowest BCUT2D eigenvalue weighted by atomic mass is 10.2. The first kappa shape index (κ1) is 15.7. The predicted molar refractivity (Wildman–Crippen MR) is 86.7 cm³/mol. The number of aromatic hydroxyl groups is 1. The Kier molecular flexibility index (Phi) is 4.51. The number of nitrogens with zero attached hydrogens (tertiary/aromatic N) is 1. The van der Waals surface area contributed by atoms with E-state index in [1.54, 1.807) is 30.3 Å². The minimum atomic E-state index is -0.772. The molecule has 0 aliphatic carbocycles. The van der Waals surface area contributed by atoms with Gasteiger partial charge in [0, 0.05) is 0 Å². The molecule has 2 aromatic carbocycles. The van der Waals surface area contributed by atoms with E-state index in [2.05, 4.69) is 10.5 Å². The highest BCUT2D eigenvalue weighted by molar-refractivity contribution is 5.85. The molecule has 1 aliphatic heterocycles. The van der Waals surface area contributed by atoms with Gasteiger partial charge in [-0.25, -0.2) is 5.43 Å². The topological polar surface area (TPSA) is 89.4 Å². The molecule has 1 amide bonds. The van der Waals surface area contributed by atoms with Crippen molar-refractivity contribution in [2.75, 3.05) is 13.7 Å². The SMILES string of the molecule is COc1cc(/C=N/NC(=O)[C@@H]2COc3ccccc3O2)ccc1O. The molecule has 0 saturated heterocycles. The van der Waals surface area contributed by atoms with Crippen LogP contribution in [-0.4, -0.2) is 37.0 Å². The molecule has 2 N–H and O–H groups in total. The third-order valence-corrected chi connectivity index (χ3v) is 3.39. The number of benzene rings is 2. The zero-order valence-corrected chi connectivity index (χ0v) is 12.9. The van der Waals surface area contributed by atoms with E-state index >= 15 is 0 Å². The molecule has 0 spiro atoms. The fourth-order valence-electron chi connectivity index (χ4n) is 2.17. The molecule has 0 saturated carbocycles. The van der Waals surface area contributed by atoms with Crippen molar-refractivity contribution in [1.82, 2.24) is 5.43 Å². The van der Waals surface area contributed by atoms with E-state index in [1.165, 1.54) is 19.4 Å². The van der Waals surface area contributed by atoms with Crippen LogP contribution in [0.25, 0.3) is 0 Å². The van der Waals surface area contributed by atoms with Gasteiger partial charge in [-0.2, -0.15) is 5.10 Å². The molecule has 0 fully saturated rings. The zero-order chi connectivity index (χ0) is 16.9. The number of nitrogens with one attached hydrogen (secondary N) is 1. The minimum Gasteiger partial charge on any atom is -0.504 e. The highest BCUT2D eigenvalue weighted by atomic mass is 16.6. The van der Waals surface area contributed by atoms with Crippen molar-refractivity contribution in [2.24, 2.45) is 5.10 Å². The first-order chi connectivity index (χ1) is 11.7. The maximum atomic E-state index is 12.1. The van der Waals surface area contributed by atoms with Gasteiger partial charge in [0.25, 0.3) is 5.91 Å². The van der Waals surface area contributed by atoms with E-state index in [4.69, 9.17) is 14.2 Å². The number of carbonyl (C=O) groups excluding carboxylic acids is 1. The summed E-state index contributed by atoms with van der Waals surface area (Å²) in [7, 11) is 1.45. The number of phenols is 1. The van der Waals surface area contributed by atoms with Crippen LogP contribution in [0.3, 0.4) is 0 Å². The van der Waals surface area contributed by atoms with E-state index in [9.17, 15) is 9.90 Å². The molecule has 0 aromatic heterocycles. The lowest BCUT2D eigenvalue weighted by Crippen LogP contribution is -2.42. The van der Waals surface area contributed by atoms with E-state index in [0.29, 0.717) is 22.8 Å². The third-order valence-electron chi connectivity index (χ3n) is 3.39. The summed E-state index contributed by atoms with van der Waals surface area (Å²) in [5.41, 5.74) is 3.07. The molecule has 0 bridgehead atoms. The van der Waals surface area contributed by atoms with Gasteiger partial charge in [-0.05, 0) is 35.9 Å². The van der Waals surface area contributed by atoms with Gasteiger partial charge in [0.1, 0.15) is 6.61 Å². The van der Waals surface area contributed by atoms with E-state index in [-0.39, 0.29) is 12.4 Å². The largest absolute Gasteiger partial charge is 0.504 e. The molecular formula is C17H16N2O5. The number of hydrogen-bond donors (Lipinski definition) is 2. The van der Waals surface area contributed by atoms with Crippen LogP contribution in [0.4, 0.5) is 0 Å². The first-order valence-corrected chi connectivity index (χ1v) is 7.26. The zero-order valence-electron chi connectivity index (χ0n) is 12.9. The summed E-state index contributed by atoms with van der Waals surface area (Å²) in [5.74, 6) is 1.08. The standard InChI is InChI=1S/C17H16N2O5/c1-22-15-8-11(6-7-12(15)20)9-18-19-17(21)16-10-23-13-4-2-3-5-14(13)24-16/h2-9,16,20H,10H2,1H3,(H,19,21)/b18-9+/t16-/m0/s1. The Hall–Kier alpha value is -3.22.